The van der Waals surface area contributed by atoms with Crippen LogP contribution in [0.2, 0.25) is 0 Å². The van der Waals surface area contributed by atoms with Gasteiger partial charge < -0.3 is 0 Å². The van der Waals surface area contributed by atoms with Gasteiger partial charge in [-0.2, -0.15) is 43.9 Å². The Balaban J connectivity index is 6.47. The highest BCUT2D eigenvalue weighted by Crippen LogP contribution is 2.56. The number of rotatable bonds is 6. The fourth-order valence-corrected chi connectivity index (χ4v) is 1.69. The molecule has 0 fully saturated rings. The van der Waals surface area contributed by atoms with Gasteiger partial charge in [0.25, 0.3) is 11.7 Å². The van der Waals surface area contributed by atoms with Gasteiger partial charge in [0.15, 0.2) is 0 Å². The van der Waals surface area contributed by atoms with E-state index >= 15 is 0 Å². The van der Waals surface area contributed by atoms with E-state index in [2.05, 4.69) is 4.74 Å². The van der Waals surface area contributed by atoms with Crippen molar-refractivity contribution in [1.29, 1.82) is 0 Å². The van der Waals surface area contributed by atoms with Crippen molar-refractivity contribution in [2.45, 2.75) is 63.6 Å². The third-order valence-corrected chi connectivity index (χ3v) is 3.35. The molecule has 0 heterocycles. The van der Waals surface area contributed by atoms with E-state index in [1.54, 1.807) is 0 Å². The monoisotopic (exact) mass is 402 g/mol. The van der Waals surface area contributed by atoms with E-state index in [1.165, 1.54) is 0 Å². The van der Waals surface area contributed by atoms with E-state index in [0.717, 1.165) is 0 Å². The molecule has 0 aromatic heterocycles. The number of alkyl halides is 12. The Hall–Kier alpha value is -0.880. The third kappa shape index (κ3) is 3.65. The van der Waals surface area contributed by atoms with Crippen molar-refractivity contribution in [2.24, 2.45) is 11.8 Å². The van der Waals surface area contributed by atoms with Crippen LogP contribution in [0.3, 0.4) is 0 Å². The summed E-state index contributed by atoms with van der Waals surface area (Å²) >= 11 is 0. The standard InChI is InChI=1S/C12H14F12O/c1-5(2)7(13,9(15,16)11(19,20)21)25-8(14,6(3)4)10(17,18)12(22,23)24/h5-6H,1-4H3. The minimum Gasteiger partial charge on any atom is -0.297 e. The first kappa shape index (κ1) is 24.1. The predicted octanol–water partition coefficient (Wildman–Crippen LogP) is 6.04. The maximum absolute atomic E-state index is 14.3. The smallest absolute Gasteiger partial charge is 0.297 e. The Bertz CT molecular complexity index is 424. The lowest BCUT2D eigenvalue weighted by atomic mass is 9.92. The van der Waals surface area contributed by atoms with Crippen molar-refractivity contribution in [1.82, 2.24) is 0 Å². The molecule has 0 saturated carbocycles. The van der Waals surface area contributed by atoms with Gasteiger partial charge in [0.1, 0.15) is 0 Å². The lowest BCUT2D eigenvalue weighted by Gasteiger charge is -2.45. The molecule has 0 rings (SSSR count). The number of hydrogen-bond donors (Lipinski definition) is 0. The second-order valence-electron chi connectivity index (χ2n) is 5.85. The van der Waals surface area contributed by atoms with Crippen LogP contribution in [-0.4, -0.2) is 35.9 Å². The molecular weight excluding hydrogens is 388 g/mol. The van der Waals surface area contributed by atoms with Gasteiger partial charge in [0.2, 0.25) is 0 Å². The summed E-state index contributed by atoms with van der Waals surface area (Å²) in [6.07, 6.45) is -13.5. The van der Waals surface area contributed by atoms with Gasteiger partial charge in [-0.05, 0) is 0 Å². The van der Waals surface area contributed by atoms with Gasteiger partial charge in [-0.3, -0.25) is 4.74 Å². The first-order valence-corrected chi connectivity index (χ1v) is 6.56. The Kier molecular flexibility index (Phi) is 6.15. The minimum absolute atomic E-state index is 0.270. The second-order valence-corrected chi connectivity index (χ2v) is 5.85. The van der Waals surface area contributed by atoms with E-state index in [4.69, 9.17) is 0 Å². The number of halogens is 12. The van der Waals surface area contributed by atoms with Crippen molar-refractivity contribution < 1.29 is 57.4 Å². The molecule has 0 saturated heterocycles. The van der Waals surface area contributed by atoms with Crippen LogP contribution in [0.5, 0.6) is 0 Å². The molecule has 0 aromatic carbocycles. The SMILES string of the molecule is CC(C)C(F)(OC(F)(C(C)C)C(F)(F)C(F)(F)F)C(F)(F)C(F)(F)F. The van der Waals surface area contributed by atoms with Gasteiger partial charge in [-0.25, -0.2) is 8.78 Å². The summed E-state index contributed by atoms with van der Waals surface area (Å²) in [4.78, 5) is 0. The van der Waals surface area contributed by atoms with Crippen LogP contribution >= 0.6 is 0 Å². The maximum atomic E-state index is 14.3. The van der Waals surface area contributed by atoms with Gasteiger partial charge in [0.05, 0.1) is 0 Å². The first-order valence-electron chi connectivity index (χ1n) is 6.56. The van der Waals surface area contributed by atoms with Gasteiger partial charge in [-0.1, -0.05) is 27.7 Å². The summed E-state index contributed by atoms with van der Waals surface area (Å²) in [6, 6.07) is 0. The molecule has 1 nitrogen and oxygen atoms in total. The summed E-state index contributed by atoms with van der Waals surface area (Å²) in [6.45, 7) is 1.08. The quantitative estimate of drug-likeness (QED) is 0.492. The Labute approximate surface area is 134 Å². The molecule has 0 N–H and O–H groups in total. The van der Waals surface area contributed by atoms with E-state index < -0.39 is 47.7 Å². The highest BCUT2D eigenvalue weighted by molar-refractivity contribution is 5.01. The Morgan fingerprint density at radius 1 is 0.480 bits per heavy atom. The maximum Gasteiger partial charge on any atom is 0.459 e. The van der Waals surface area contributed by atoms with Crippen molar-refractivity contribution in [3.63, 3.8) is 0 Å². The summed E-state index contributed by atoms with van der Waals surface area (Å²) in [5.74, 6) is -29.5. The van der Waals surface area contributed by atoms with Crippen LogP contribution in [-0.2, 0) is 4.74 Å². The summed E-state index contributed by atoms with van der Waals surface area (Å²) in [5.41, 5.74) is 0. The van der Waals surface area contributed by atoms with E-state index in [9.17, 15) is 52.7 Å². The average molecular weight is 402 g/mol. The molecule has 152 valence electrons. The van der Waals surface area contributed by atoms with E-state index in [-0.39, 0.29) is 27.7 Å². The molecule has 0 amide bonds. The number of hydrogen-bond acceptors (Lipinski definition) is 1. The molecule has 0 spiro atoms. The van der Waals surface area contributed by atoms with Crippen molar-refractivity contribution in [2.75, 3.05) is 0 Å². The normalized spacial score (nSPS) is 19.9. The molecule has 25 heavy (non-hydrogen) atoms. The summed E-state index contributed by atoms with van der Waals surface area (Å²) < 4.78 is 160. The fraction of sp³-hybridized carbons (Fsp3) is 1.00. The molecule has 0 radical (unpaired) electrons. The zero-order valence-corrected chi connectivity index (χ0v) is 13.1. The Morgan fingerprint density at radius 3 is 0.800 bits per heavy atom. The van der Waals surface area contributed by atoms with Crippen molar-refractivity contribution in [3.05, 3.63) is 0 Å². The van der Waals surface area contributed by atoms with Crippen LogP contribution in [0.4, 0.5) is 52.7 Å². The molecular formula is C12H14F12O. The van der Waals surface area contributed by atoms with Crippen molar-refractivity contribution in [3.8, 4) is 0 Å². The predicted molar refractivity (Wildman–Crippen MR) is 60.4 cm³/mol. The van der Waals surface area contributed by atoms with E-state index in [1.807, 2.05) is 0 Å². The fourth-order valence-electron chi connectivity index (χ4n) is 1.69. The molecule has 0 bridgehead atoms. The molecule has 0 aliphatic heterocycles. The number of ether oxygens (including phenoxy) is 1. The molecule has 2 atom stereocenters. The van der Waals surface area contributed by atoms with Crippen LogP contribution in [0.1, 0.15) is 27.7 Å². The van der Waals surface area contributed by atoms with Crippen LogP contribution in [0.25, 0.3) is 0 Å². The Morgan fingerprint density at radius 2 is 0.680 bits per heavy atom. The van der Waals surface area contributed by atoms with Crippen LogP contribution in [0, 0.1) is 11.8 Å². The molecule has 0 aliphatic rings. The van der Waals surface area contributed by atoms with Crippen molar-refractivity contribution >= 4 is 0 Å². The van der Waals surface area contributed by atoms with Gasteiger partial charge >= 0.3 is 24.2 Å². The second kappa shape index (κ2) is 6.38. The minimum atomic E-state index is -6.75. The zero-order valence-electron chi connectivity index (χ0n) is 13.1. The topological polar surface area (TPSA) is 9.23 Å². The lowest BCUT2D eigenvalue weighted by Crippen LogP contribution is -2.67. The zero-order chi connectivity index (χ0) is 20.9. The molecule has 2 unspecified atom stereocenters. The highest BCUT2D eigenvalue weighted by atomic mass is 19.4. The van der Waals surface area contributed by atoms with Gasteiger partial charge in [-0.15, -0.1) is 0 Å². The van der Waals surface area contributed by atoms with Crippen LogP contribution < -0.4 is 0 Å². The summed E-state index contributed by atoms with van der Waals surface area (Å²) in [5, 5.41) is 0. The molecule has 0 aliphatic carbocycles. The van der Waals surface area contributed by atoms with Gasteiger partial charge in [0, 0.05) is 11.8 Å². The lowest BCUT2D eigenvalue weighted by molar-refractivity contribution is -0.474. The molecule has 13 heteroatoms. The van der Waals surface area contributed by atoms with E-state index in [0.29, 0.717) is 0 Å². The largest absolute Gasteiger partial charge is 0.459 e. The first-order chi connectivity index (χ1) is 10.6. The highest BCUT2D eigenvalue weighted by Gasteiger charge is 2.81. The molecule has 0 aromatic rings. The third-order valence-electron chi connectivity index (χ3n) is 3.35. The summed E-state index contributed by atoms with van der Waals surface area (Å²) in [7, 11) is 0. The van der Waals surface area contributed by atoms with Crippen LogP contribution in [0.15, 0.2) is 0 Å². The average Bonchev–Trinajstić information content (AvgIpc) is 2.34.